The van der Waals surface area contributed by atoms with Gasteiger partial charge in [0, 0.05) is 41.7 Å². The molecular weight excluding hydrogens is 433 g/mol. The van der Waals surface area contributed by atoms with Crippen LogP contribution in [0.2, 0.25) is 0 Å². The van der Waals surface area contributed by atoms with Crippen LogP contribution in [0.4, 0.5) is 32.1 Å². The number of pyridine rings is 1. The minimum atomic E-state index is -0.809. The van der Waals surface area contributed by atoms with Crippen LogP contribution in [0.5, 0.6) is 17.2 Å². The van der Waals surface area contributed by atoms with E-state index in [-0.39, 0.29) is 19.1 Å². The SMILES string of the molecule is CCOC(=O)OCOc1cccc(Nc2cc(Nc3cc(OC)cc(OC)c3)c(F)cn2)c1. The second-order valence-electron chi connectivity index (χ2n) is 6.52. The van der Waals surface area contributed by atoms with E-state index >= 15 is 0 Å². The number of aromatic nitrogens is 1. The number of benzene rings is 2. The van der Waals surface area contributed by atoms with Crippen molar-refractivity contribution in [3.05, 3.63) is 60.5 Å². The summed E-state index contributed by atoms with van der Waals surface area (Å²) in [6, 6.07) is 13.6. The molecule has 0 radical (unpaired) electrons. The summed E-state index contributed by atoms with van der Waals surface area (Å²) in [6.45, 7) is 1.59. The van der Waals surface area contributed by atoms with Crippen LogP contribution in [-0.2, 0) is 9.47 Å². The van der Waals surface area contributed by atoms with E-state index in [1.807, 2.05) is 0 Å². The Morgan fingerprint density at radius 3 is 2.36 bits per heavy atom. The van der Waals surface area contributed by atoms with Gasteiger partial charge >= 0.3 is 6.16 Å². The van der Waals surface area contributed by atoms with Crippen molar-refractivity contribution >= 4 is 29.0 Å². The van der Waals surface area contributed by atoms with E-state index in [0.29, 0.717) is 34.4 Å². The third kappa shape index (κ3) is 6.89. The molecule has 0 aliphatic carbocycles. The number of anilines is 4. The van der Waals surface area contributed by atoms with Crippen molar-refractivity contribution in [1.29, 1.82) is 0 Å². The normalized spacial score (nSPS) is 10.2. The maximum atomic E-state index is 14.4. The highest BCUT2D eigenvalue weighted by Gasteiger charge is 2.09. The molecule has 0 bridgehead atoms. The van der Waals surface area contributed by atoms with E-state index in [9.17, 15) is 9.18 Å². The first-order valence-electron chi connectivity index (χ1n) is 9.95. The van der Waals surface area contributed by atoms with E-state index in [1.54, 1.807) is 49.4 Å². The fraction of sp³-hybridized carbons (Fsp3) is 0.217. The van der Waals surface area contributed by atoms with Gasteiger partial charge in [-0.15, -0.1) is 0 Å². The zero-order valence-corrected chi connectivity index (χ0v) is 18.4. The number of carbonyl (C=O) groups excluding carboxylic acids is 1. The largest absolute Gasteiger partial charge is 0.511 e. The summed E-state index contributed by atoms with van der Waals surface area (Å²) < 4.78 is 39.7. The van der Waals surface area contributed by atoms with Gasteiger partial charge in [0.25, 0.3) is 0 Å². The van der Waals surface area contributed by atoms with Crippen LogP contribution in [0.25, 0.3) is 0 Å². The van der Waals surface area contributed by atoms with Crippen molar-refractivity contribution < 1.29 is 32.9 Å². The lowest BCUT2D eigenvalue weighted by molar-refractivity contribution is 0.00691. The van der Waals surface area contributed by atoms with Gasteiger partial charge in [-0.2, -0.15) is 0 Å². The second-order valence-corrected chi connectivity index (χ2v) is 6.52. The molecule has 0 aliphatic rings. The Morgan fingerprint density at radius 1 is 0.939 bits per heavy atom. The molecule has 0 aliphatic heterocycles. The van der Waals surface area contributed by atoms with E-state index in [1.165, 1.54) is 20.3 Å². The van der Waals surface area contributed by atoms with Crippen LogP contribution in [0.3, 0.4) is 0 Å². The Bertz CT molecular complexity index is 1070. The first-order valence-corrected chi connectivity index (χ1v) is 9.95. The summed E-state index contributed by atoms with van der Waals surface area (Å²) in [7, 11) is 3.07. The molecular formula is C23H24FN3O6. The molecule has 3 rings (SSSR count). The summed E-state index contributed by atoms with van der Waals surface area (Å²) in [4.78, 5) is 15.3. The van der Waals surface area contributed by atoms with Gasteiger partial charge in [0.15, 0.2) is 5.82 Å². The fourth-order valence-corrected chi connectivity index (χ4v) is 2.75. The third-order valence-corrected chi connectivity index (χ3v) is 4.26. The zero-order chi connectivity index (χ0) is 23.6. The Labute approximate surface area is 190 Å². The molecule has 3 aromatic rings. The van der Waals surface area contributed by atoms with Crippen LogP contribution < -0.4 is 24.8 Å². The summed E-state index contributed by atoms with van der Waals surface area (Å²) in [5.41, 5.74) is 1.43. The first kappa shape index (κ1) is 23.5. The summed E-state index contributed by atoms with van der Waals surface area (Å²) >= 11 is 0. The van der Waals surface area contributed by atoms with Crippen molar-refractivity contribution in [1.82, 2.24) is 4.98 Å². The van der Waals surface area contributed by atoms with Crippen LogP contribution in [0, 0.1) is 5.82 Å². The topological polar surface area (TPSA) is 100 Å². The quantitative estimate of drug-likeness (QED) is 0.313. The van der Waals surface area contributed by atoms with Gasteiger partial charge in [0.05, 0.1) is 32.7 Å². The number of ether oxygens (including phenoxy) is 5. The van der Waals surface area contributed by atoms with E-state index in [0.717, 1.165) is 6.20 Å². The Balaban J connectivity index is 1.69. The first-order chi connectivity index (χ1) is 16.0. The minimum Gasteiger partial charge on any atom is -0.497 e. The van der Waals surface area contributed by atoms with Crippen LogP contribution >= 0.6 is 0 Å². The molecule has 0 saturated carbocycles. The highest BCUT2D eigenvalue weighted by atomic mass is 19.1. The van der Waals surface area contributed by atoms with Crippen LogP contribution in [-0.4, -0.2) is 38.8 Å². The molecule has 0 unspecified atom stereocenters. The molecule has 2 aromatic carbocycles. The predicted octanol–water partition coefficient (Wildman–Crippen LogP) is 5.23. The number of hydrogen-bond donors (Lipinski definition) is 2. The Morgan fingerprint density at radius 2 is 1.67 bits per heavy atom. The number of carbonyl (C=O) groups is 1. The zero-order valence-electron chi connectivity index (χ0n) is 18.4. The molecule has 174 valence electrons. The van der Waals surface area contributed by atoms with Crippen molar-refractivity contribution in [3.8, 4) is 17.2 Å². The lowest BCUT2D eigenvalue weighted by Gasteiger charge is -2.13. The van der Waals surface area contributed by atoms with Gasteiger partial charge in [-0.05, 0) is 19.1 Å². The van der Waals surface area contributed by atoms with Gasteiger partial charge in [-0.3, -0.25) is 0 Å². The van der Waals surface area contributed by atoms with Gasteiger partial charge in [-0.25, -0.2) is 14.2 Å². The summed E-state index contributed by atoms with van der Waals surface area (Å²) in [5, 5.41) is 6.09. The van der Waals surface area contributed by atoms with Crippen LogP contribution in [0.1, 0.15) is 6.92 Å². The maximum absolute atomic E-state index is 14.4. The molecule has 0 fully saturated rings. The van der Waals surface area contributed by atoms with Crippen molar-refractivity contribution in [2.24, 2.45) is 0 Å². The maximum Gasteiger partial charge on any atom is 0.511 e. The van der Waals surface area contributed by atoms with Crippen molar-refractivity contribution in [3.63, 3.8) is 0 Å². The molecule has 0 amide bonds. The standard InChI is InChI=1S/C23H24FN3O6/c1-4-31-23(28)33-14-32-17-7-5-6-15(8-17)27-22-12-21(20(24)13-25-22)26-16-9-18(29-2)11-19(10-16)30-3/h5-13H,4,14H2,1-3H3,(H2,25,26,27). The average Bonchev–Trinajstić information content (AvgIpc) is 2.81. The number of nitrogens with zero attached hydrogens (tertiary/aromatic N) is 1. The monoisotopic (exact) mass is 457 g/mol. The second kappa shape index (κ2) is 11.4. The highest BCUT2D eigenvalue weighted by molar-refractivity contribution is 5.68. The molecule has 10 heteroatoms. The lowest BCUT2D eigenvalue weighted by atomic mass is 10.2. The molecule has 0 spiro atoms. The molecule has 9 nitrogen and oxygen atoms in total. The van der Waals surface area contributed by atoms with E-state index in [4.69, 9.17) is 18.9 Å². The van der Waals surface area contributed by atoms with E-state index in [2.05, 4.69) is 20.4 Å². The minimum absolute atomic E-state index is 0.207. The molecule has 0 atom stereocenters. The number of hydrogen-bond acceptors (Lipinski definition) is 9. The average molecular weight is 457 g/mol. The van der Waals surface area contributed by atoms with Gasteiger partial charge in [-0.1, -0.05) is 6.07 Å². The molecule has 0 saturated heterocycles. The summed E-state index contributed by atoms with van der Waals surface area (Å²) in [5.74, 6) is 1.44. The molecule has 33 heavy (non-hydrogen) atoms. The Kier molecular flexibility index (Phi) is 8.12. The number of methoxy groups -OCH3 is 2. The van der Waals surface area contributed by atoms with Crippen LogP contribution in [0.15, 0.2) is 54.7 Å². The van der Waals surface area contributed by atoms with Gasteiger partial charge < -0.3 is 34.3 Å². The molecule has 1 heterocycles. The fourth-order valence-electron chi connectivity index (χ4n) is 2.75. The number of rotatable bonds is 10. The van der Waals surface area contributed by atoms with Crippen molar-refractivity contribution in [2.45, 2.75) is 6.92 Å². The number of nitrogens with one attached hydrogen (secondary N) is 2. The van der Waals surface area contributed by atoms with E-state index < -0.39 is 12.0 Å². The van der Waals surface area contributed by atoms with Gasteiger partial charge in [0.2, 0.25) is 6.79 Å². The van der Waals surface area contributed by atoms with Gasteiger partial charge in [0.1, 0.15) is 23.1 Å². The molecule has 2 N–H and O–H groups in total. The lowest BCUT2D eigenvalue weighted by Crippen LogP contribution is -2.11. The van der Waals surface area contributed by atoms with Crippen molar-refractivity contribution in [2.75, 3.05) is 38.3 Å². The smallest absolute Gasteiger partial charge is 0.497 e. The predicted molar refractivity (Wildman–Crippen MR) is 120 cm³/mol. The molecule has 1 aromatic heterocycles. The highest BCUT2D eigenvalue weighted by Crippen LogP contribution is 2.30. The number of halogens is 1. The Hall–Kier alpha value is -4.21. The summed E-state index contributed by atoms with van der Waals surface area (Å²) in [6.07, 6.45) is 0.297. The third-order valence-electron chi connectivity index (χ3n) is 4.26.